The number of carbonyl (C=O) groups is 1. The molecule has 0 fully saturated rings. The van der Waals surface area contributed by atoms with E-state index in [4.69, 9.17) is 4.42 Å². The van der Waals surface area contributed by atoms with Crippen molar-refractivity contribution in [2.75, 3.05) is 7.05 Å². The zero-order valence-electron chi connectivity index (χ0n) is 12.0. The predicted octanol–water partition coefficient (Wildman–Crippen LogP) is 4.05. The van der Waals surface area contributed by atoms with Crippen LogP contribution >= 0.6 is 11.8 Å². The van der Waals surface area contributed by atoms with Crippen molar-refractivity contribution in [3.8, 4) is 0 Å². The van der Waals surface area contributed by atoms with E-state index in [0.29, 0.717) is 11.8 Å². The number of nitrogens with zero attached hydrogens (tertiary/aromatic N) is 1. The summed E-state index contributed by atoms with van der Waals surface area (Å²) >= 11 is 1.71. The third-order valence-corrected chi connectivity index (χ3v) is 3.88. The lowest BCUT2D eigenvalue weighted by atomic mass is 10.2. The van der Waals surface area contributed by atoms with E-state index >= 15 is 0 Å². The standard InChI is InChI=1S/C16H19NO2S/c1-12(2)20-15-9-5-4-8-14(15)16(18)17(3)11-13-7-6-10-19-13/h4-10,12H,11H2,1-3H3. The van der Waals surface area contributed by atoms with Crippen molar-refractivity contribution in [2.24, 2.45) is 0 Å². The van der Waals surface area contributed by atoms with Gasteiger partial charge in [-0.15, -0.1) is 11.8 Å². The summed E-state index contributed by atoms with van der Waals surface area (Å²) in [5.41, 5.74) is 0.750. The maximum atomic E-state index is 12.5. The summed E-state index contributed by atoms with van der Waals surface area (Å²) in [7, 11) is 1.79. The molecular formula is C16H19NO2S. The molecule has 3 nitrogen and oxygen atoms in total. The van der Waals surface area contributed by atoms with E-state index in [9.17, 15) is 4.79 Å². The lowest BCUT2D eigenvalue weighted by Gasteiger charge is -2.18. The van der Waals surface area contributed by atoms with Crippen molar-refractivity contribution in [1.82, 2.24) is 4.90 Å². The van der Waals surface area contributed by atoms with Gasteiger partial charge in [-0.05, 0) is 24.3 Å². The van der Waals surface area contributed by atoms with Crippen LogP contribution in [0.25, 0.3) is 0 Å². The highest BCUT2D eigenvalue weighted by Crippen LogP contribution is 2.27. The van der Waals surface area contributed by atoms with Crippen molar-refractivity contribution < 1.29 is 9.21 Å². The van der Waals surface area contributed by atoms with Gasteiger partial charge in [0.15, 0.2) is 0 Å². The Morgan fingerprint density at radius 3 is 2.65 bits per heavy atom. The molecule has 0 spiro atoms. The molecule has 0 aliphatic carbocycles. The maximum absolute atomic E-state index is 12.5. The minimum Gasteiger partial charge on any atom is -0.467 e. The number of rotatable bonds is 5. The number of furan rings is 1. The summed E-state index contributed by atoms with van der Waals surface area (Å²) in [6.45, 7) is 4.73. The zero-order valence-corrected chi connectivity index (χ0v) is 12.8. The fourth-order valence-corrected chi connectivity index (χ4v) is 2.86. The Labute approximate surface area is 124 Å². The molecule has 0 radical (unpaired) electrons. The Morgan fingerprint density at radius 2 is 2.00 bits per heavy atom. The molecular weight excluding hydrogens is 270 g/mol. The first-order valence-corrected chi connectivity index (χ1v) is 7.49. The minimum atomic E-state index is 0.0187. The maximum Gasteiger partial charge on any atom is 0.255 e. The van der Waals surface area contributed by atoms with Crippen molar-refractivity contribution in [1.29, 1.82) is 0 Å². The van der Waals surface area contributed by atoms with Crippen molar-refractivity contribution in [2.45, 2.75) is 30.5 Å². The van der Waals surface area contributed by atoms with Gasteiger partial charge in [0, 0.05) is 17.2 Å². The van der Waals surface area contributed by atoms with Crippen LogP contribution in [-0.4, -0.2) is 23.1 Å². The summed E-state index contributed by atoms with van der Waals surface area (Å²) in [5.74, 6) is 0.806. The molecule has 0 atom stereocenters. The summed E-state index contributed by atoms with van der Waals surface area (Å²) in [4.78, 5) is 15.2. The van der Waals surface area contributed by atoms with Crippen LogP contribution in [0.3, 0.4) is 0 Å². The fraction of sp³-hybridized carbons (Fsp3) is 0.312. The number of hydrogen-bond acceptors (Lipinski definition) is 3. The lowest BCUT2D eigenvalue weighted by Crippen LogP contribution is -2.26. The molecule has 106 valence electrons. The van der Waals surface area contributed by atoms with Crippen LogP contribution < -0.4 is 0 Å². The van der Waals surface area contributed by atoms with Crippen LogP contribution in [0.5, 0.6) is 0 Å². The van der Waals surface area contributed by atoms with E-state index in [1.165, 1.54) is 0 Å². The predicted molar refractivity (Wildman–Crippen MR) is 81.9 cm³/mol. The number of benzene rings is 1. The molecule has 1 aromatic carbocycles. The van der Waals surface area contributed by atoms with Crippen LogP contribution in [-0.2, 0) is 6.54 Å². The van der Waals surface area contributed by atoms with Gasteiger partial charge in [-0.2, -0.15) is 0 Å². The largest absolute Gasteiger partial charge is 0.467 e. The second-order valence-electron chi connectivity index (χ2n) is 4.90. The molecule has 0 N–H and O–H groups in total. The highest BCUT2D eigenvalue weighted by atomic mass is 32.2. The van der Waals surface area contributed by atoms with Crippen LogP contribution in [0, 0.1) is 0 Å². The Kier molecular flexibility index (Phi) is 4.90. The first-order chi connectivity index (χ1) is 9.58. The summed E-state index contributed by atoms with van der Waals surface area (Å²) in [6.07, 6.45) is 1.62. The Bertz CT molecular complexity index is 564. The van der Waals surface area contributed by atoms with Crippen molar-refractivity contribution in [3.63, 3.8) is 0 Å². The lowest BCUT2D eigenvalue weighted by molar-refractivity contribution is 0.0772. The summed E-state index contributed by atoms with van der Waals surface area (Å²) in [6, 6.07) is 11.4. The highest BCUT2D eigenvalue weighted by Gasteiger charge is 2.17. The topological polar surface area (TPSA) is 33.5 Å². The second kappa shape index (κ2) is 6.66. The van der Waals surface area contributed by atoms with Crippen LogP contribution in [0.4, 0.5) is 0 Å². The molecule has 1 amide bonds. The van der Waals surface area contributed by atoms with E-state index in [0.717, 1.165) is 16.2 Å². The van der Waals surface area contributed by atoms with Crippen molar-refractivity contribution >= 4 is 17.7 Å². The van der Waals surface area contributed by atoms with Gasteiger partial charge in [0.05, 0.1) is 18.4 Å². The molecule has 4 heteroatoms. The highest BCUT2D eigenvalue weighted by molar-refractivity contribution is 8.00. The van der Waals surface area contributed by atoms with Crippen LogP contribution in [0.2, 0.25) is 0 Å². The molecule has 20 heavy (non-hydrogen) atoms. The van der Waals surface area contributed by atoms with Crippen LogP contribution in [0.1, 0.15) is 30.0 Å². The SMILES string of the molecule is CC(C)Sc1ccccc1C(=O)N(C)Cc1ccco1. The average molecular weight is 289 g/mol. The van der Waals surface area contributed by atoms with E-state index in [1.54, 1.807) is 30.0 Å². The van der Waals surface area contributed by atoms with E-state index in [-0.39, 0.29) is 5.91 Å². The third kappa shape index (κ3) is 3.67. The van der Waals surface area contributed by atoms with Gasteiger partial charge < -0.3 is 9.32 Å². The molecule has 1 heterocycles. The molecule has 1 aromatic heterocycles. The molecule has 2 aromatic rings. The van der Waals surface area contributed by atoms with Crippen molar-refractivity contribution in [3.05, 3.63) is 54.0 Å². The van der Waals surface area contributed by atoms with Gasteiger partial charge in [-0.25, -0.2) is 0 Å². The molecule has 0 saturated heterocycles. The Hall–Kier alpha value is -1.68. The van der Waals surface area contributed by atoms with Gasteiger partial charge in [-0.1, -0.05) is 26.0 Å². The number of amides is 1. The van der Waals surface area contributed by atoms with Gasteiger partial charge in [0.25, 0.3) is 5.91 Å². The number of carbonyl (C=O) groups excluding carboxylic acids is 1. The molecule has 0 aliphatic rings. The first kappa shape index (κ1) is 14.7. The monoisotopic (exact) mass is 289 g/mol. The third-order valence-electron chi connectivity index (χ3n) is 2.80. The van der Waals surface area contributed by atoms with Gasteiger partial charge in [0.2, 0.25) is 0 Å². The smallest absolute Gasteiger partial charge is 0.255 e. The van der Waals surface area contributed by atoms with Crippen LogP contribution in [0.15, 0.2) is 52.0 Å². The summed E-state index contributed by atoms with van der Waals surface area (Å²) in [5, 5.41) is 0.444. The quantitative estimate of drug-likeness (QED) is 0.779. The molecule has 0 saturated carbocycles. The average Bonchev–Trinajstić information content (AvgIpc) is 2.90. The van der Waals surface area contributed by atoms with E-state index < -0.39 is 0 Å². The minimum absolute atomic E-state index is 0.0187. The normalized spacial score (nSPS) is 10.8. The first-order valence-electron chi connectivity index (χ1n) is 6.61. The Morgan fingerprint density at radius 1 is 1.25 bits per heavy atom. The zero-order chi connectivity index (χ0) is 14.5. The van der Waals surface area contributed by atoms with Gasteiger partial charge in [0.1, 0.15) is 5.76 Å². The van der Waals surface area contributed by atoms with Gasteiger partial charge >= 0.3 is 0 Å². The molecule has 0 bridgehead atoms. The number of thioether (sulfide) groups is 1. The summed E-state index contributed by atoms with van der Waals surface area (Å²) < 4.78 is 5.29. The number of hydrogen-bond donors (Lipinski definition) is 0. The molecule has 0 unspecified atom stereocenters. The second-order valence-corrected chi connectivity index (χ2v) is 6.52. The van der Waals surface area contributed by atoms with E-state index in [2.05, 4.69) is 13.8 Å². The fourth-order valence-electron chi connectivity index (χ4n) is 1.91. The molecule has 0 aliphatic heterocycles. The van der Waals surface area contributed by atoms with Gasteiger partial charge in [-0.3, -0.25) is 4.79 Å². The van der Waals surface area contributed by atoms with E-state index in [1.807, 2.05) is 36.4 Å². The molecule has 2 rings (SSSR count). The Balaban J connectivity index is 2.15.